The van der Waals surface area contributed by atoms with Gasteiger partial charge in [-0.25, -0.2) is 22.2 Å². The van der Waals surface area contributed by atoms with Crippen molar-refractivity contribution in [2.75, 3.05) is 35.8 Å². The van der Waals surface area contributed by atoms with Gasteiger partial charge in [0.2, 0.25) is 0 Å². The van der Waals surface area contributed by atoms with E-state index in [4.69, 9.17) is 0 Å². The molecular weight excluding hydrogens is 490 g/mol. The first-order valence-corrected chi connectivity index (χ1v) is 12.7. The molecule has 2 saturated heterocycles. The first kappa shape index (κ1) is 22.4. The molecule has 10 heteroatoms. The average molecular weight is 515 g/mol. The van der Waals surface area contributed by atoms with E-state index in [0.29, 0.717) is 22.4 Å². The molecule has 31 heavy (non-hydrogen) atoms. The molecule has 0 saturated carbocycles. The highest BCUT2D eigenvalue weighted by atomic mass is 79.9. The normalized spacial score (nSPS) is 18.9. The molecule has 1 aromatic heterocycles. The van der Waals surface area contributed by atoms with E-state index < -0.39 is 26.6 Å². The Balaban J connectivity index is 1.53. The zero-order valence-electron chi connectivity index (χ0n) is 17.0. The highest BCUT2D eigenvalue weighted by molar-refractivity contribution is 9.10. The number of hydrogen-bond acceptors (Lipinski definition) is 5. The van der Waals surface area contributed by atoms with Gasteiger partial charge in [-0.1, -0.05) is 6.42 Å². The van der Waals surface area contributed by atoms with Crippen LogP contribution in [0.1, 0.15) is 32.1 Å². The molecule has 0 atom stereocenters. The standard InChI is InChI=1S/C21H25BrF2N4O2S/c22-15-12-19(26-31(29,30)20-5-4-16(23)13-18(20)24)21(25-14-15)28-10-6-17(7-11-28)27-8-2-1-3-9-27/h4-5,12-14,17,26H,1-3,6-11H2. The molecule has 0 spiro atoms. The van der Waals surface area contributed by atoms with Gasteiger partial charge >= 0.3 is 0 Å². The number of halogens is 3. The monoisotopic (exact) mass is 514 g/mol. The molecule has 4 rings (SSSR count). The lowest BCUT2D eigenvalue weighted by Crippen LogP contribution is -2.47. The Morgan fingerprint density at radius 3 is 2.42 bits per heavy atom. The van der Waals surface area contributed by atoms with Gasteiger partial charge in [0.05, 0.1) is 5.69 Å². The summed E-state index contributed by atoms with van der Waals surface area (Å²) in [5.74, 6) is -1.47. The molecule has 1 N–H and O–H groups in total. The Labute approximate surface area is 189 Å². The summed E-state index contributed by atoms with van der Waals surface area (Å²) in [6.07, 6.45) is 7.38. The van der Waals surface area contributed by atoms with Crippen LogP contribution < -0.4 is 9.62 Å². The minimum absolute atomic E-state index is 0.259. The molecule has 2 aliphatic heterocycles. The van der Waals surface area contributed by atoms with E-state index in [-0.39, 0.29) is 5.69 Å². The quantitative estimate of drug-likeness (QED) is 0.641. The molecule has 0 bridgehead atoms. The molecule has 0 unspecified atom stereocenters. The van der Waals surface area contributed by atoms with Gasteiger partial charge in [-0.3, -0.25) is 4.72 Å². The van der Waals surface area contributed by atoms with Crippen molar-refractivity contribution in [2.24, 2.45) is 0 Å². The molecule has 2 fully saturated rings. The number of piperidine rings is 2. The summed E-state index contributed by atoms with van der Waals surface area (Å²) in [6, 6.07) is 4.55. The fraction of sp³-hybridized carbons (Fsp3) is 0.476. The maximum atomic E-state index is 14.1. The largest absolute Gasteiger partial charge is 0.355 e. The van der Waals surface area contributed by atoms with Crippen molar-refractivity contribution < 1.29 is 17.2 Å². The summed E-state index contributed by atoms with van der Waals surface area (Å²) in [5.41, 5.74) is 0.259. The summed E-state index contributed by atoms with van der Waals surface area (Å²) in [4.78, 5) is 8.46. The van der Waals surface area contributed by atoms with E-state index in [1.165, 1.54) is 19.3 Å². The van der Waals surface area contributed by atoms with E-state index in [1.54, 1.807) is 12.3 Å². The number of pyridine rings is 1. The second-order valence-corrected chi connectivity index (χ2v) is 10.6. The number of anilines is 2. The number of benzene rings is 1. The molecule has 2 aliphatic rings. The predicted molar refractivity (Wildman–Crippen MR) is 120 cm³/mol. The third-order valence-electron chi connectivity index (χ3n) is 5.93. The summed E-state index contributed by atoms with van der Waals surface area (Å²) in [7, 11) is -4.25. The van der Waals surface area contributed by atoms with Crippen LogP contribution in [-0.4, -0.2) is 50.5 Å². The number of likely N-dealkylation sites (tertiary alicyclic amines) is 1. The van der Waals surface area contributed by atoms with Crippen LogP contribution in [0.5, 0.6) is 0 Å². The van der Waals surface area contributed by atoms with E-state index in [1.807, 2.05) is 0 Å². The molecule has 2 aromatic rings. The Morgan fingerprint density at radius 2 is 1.74 bits per heavy atom. The van der Waals surface area contributed by atoms with Gasteiger partial charge in [-0.05, 0) is 72.9 Å². The third kappa shape index (κ3) is 5.18. The smallest absolute Gasteiger partial charge is 0.264 e. The first-order chi connectivity index (χ1) is 14.8. The van der Waals surface area contributed by atoms with Crippen LogP contribution in [0.2, 0.25) is 0 Å². The van der Waals surface area contributed by atoms with Crippen molar-refractivity contribution in [1.82, 2.24) is 9.88 Å². The van der Waals surface area contributed by atoms with Crippen LogP contribution >= 0.6 is 15.9 Å². The summed E-state index contributed by atoms with van der Waals surface area (Å²) >= 11 is 3.32. The van der Waals surface area contributed by atoms with Crippen molar-refractivity contribution in [2.45, 2.75) is 43.0 Å². The number of nitrogens with one attached hydrogen (secondary N) is 1. The average Bonchev–Trinajstić information content (AvgIpc) is 2.74. The van der Waals surface area contributed by atoms with Gasteiger partial charge in [0.25, 0.3) is 10.0 Å². The number of aromatic nitrogens is 1. The van der Waals surface area contributed by atoms with Gasteiger partial charge in [0.15, 0.2) is 5.82 Å². The van der Waals surface area contributed by atoms with Gasteiger partial charge in [0, 0.05) is 35.9 Å². The second-order valence-electron chi connectivity index (χ2n) is 8.02. The minimum Gasteiger partial charge on any atom is -0.355 e. The Kier molecular flexibility index (Phi) is 6.78. The van der Waals surface area contributed by atoms with Crippen LogP contribution in [0.25, 0.3) is 0 Å². The van der Waals surface area contributed by atoms with E-state index >= 15 is 0 Å². The highest BCUT2D eigenvalue weighted by Crippen LogP contribution is 2.32. The van der Waals surface area contributed by atoms with Crippen LogP contribution in [0.15, 0.2) is 39.8 Å². The zero-order valence-corrected chi connectivity index (χ0v) is 19.4. The van der Waals surface area contributed by atoms with Gasteiger partial charge in [-0.2, -0.15) is 0 Å². The SMILES string of the molecule is O=S(=O)(Nc1cc(Br)cnc1N1CCC(N2CCCCC2)CC1)c1ccc(F)cc1F. The van der Waals surface area contributed by atoms with E-state index in [2.05, 4.69) is 35.4 Å². The maximum Gasteiger partial charge on any atom is 0.264 e. The lowest BCUT2D eigenvalue weighted by molar-refractivity contribution is 0.141. The van der Waals surface area contributed by atoms with Crippen LogP contribution in [0, 0.1) is 11.6 Å². The minimum atomic E-state index is -4.25. The number of sulfonamides is 1. The zero-order chi connectivity index (χ0) is 22.0. The van der Waals surface area contributed by atoms with Crippen molar-refractivity contribution in [3.05, 3.63) is 46.6 Å². The topological polar surface area (TPSA) is 65.5 Å². The summed E-state index contributed by atoms with van der Waals surface area (Å²) in [5, 5.41) is 0. The fourth-order valence-electron chi connectivity index (χ4n) is 4.38. The molecule has 6 nitrogen and oxygen atoms in total. The predicted octanol–water partition coefficient (Wildman–Crippen LogP) is 4.38. The summed E-state index contributed by atoms with van der Waals surface area (Å²) < 4.78 is 55.9. The fourth-order valence-corrected chi connectivity index (χ4v) is 5.82. The van der Waals surface area contributed by atoms with Crippen molar-refractivity contribution in [3.63, 3.8) is 0 Å². The van der Waals surface area contributed by atoms with E-state index in [0.717, 1.165) is 51.2 Å². The maximum absolute atomic E-state index is 14.1. The van der Waals surface area contributed by atoms with Crippen LogP contribution in [0.4, 0.5) is 20.3 Å². The lowest BCUT2D eigenvalue weighted by atomic mass is 10.00. The van der Waals surface area contributed by atoms with Gasteiger partial charge < -0.3 is 9.80 Å². The van der Waals surface area contributed by atoms with Crippen LogP contribution in [-0.2, 0) is 10.0 Å². The first-order valence-electron chi connectivity index (χ1n) is 10.5. The van der Waals surface area contributed by atoms with Crippen molar-refractivity contribution >= 4 is 37.5 Å². The lowest BCUT2D eigenvalue weighted by Gasteiger charge is -2.40. The molecule has 0 aliphatic carbocycles. The molecule has 0 radical (unpaired) electrons. The molecular formula is C21H25BrF2N4O2S. The Hall–Kier alpha value is -1.78. The van der Waals surface area contributed by atoms with Gasteiger partial charge in [0.1, 0.15) is 16.5 Å². The highest BCUT2D eigenvalue weighted by Gasteiger charge is 2.28. The van der Waals surface area contributed by atoms with Gasteiger partial charge in [-0.15, -0.1) is 0 Å². The number of rotatable bonds is 5. The molecule has 3 heterocycles. The Bertz CT molecular complexity index is 1040. The number of hydrogen-bond donors (Lipinski definition) is 1. The van der Waals surface area contributed by atoms with Crippen molar-refractivity contribution in [3.8, 4) is 0 Å². The molecule has 1 aromatic carbocycles. The van der Waals surface area contributed by atoms with E-state index in [9.17, 15) is 17.2 Å². The third-order valence-corrected chi connectivity index (χ3v) is 7.76. The molecule has 168 valence electrons. The Morgan fingerprint density at radius 1 is 1.03 bits per heavy atom. The van der Waals surface area contributed by atoms with Crippen LogP contribution in [0.3, 0.4) is 0 Å². The number of nitrogens with zero attached hydrogens (tertiary/aromatic N) is 3. The summed E-state index contributed by atoms with van der Waals surface area (Å²) in [6.45, 7) is 3.82. The van der Waals surface area contributed by atoms with Crippen molar-refractivity contribution in [1.29, 1.82) is 0 Å². The molecule has 0 amide bonds. The second kappa shape index (κ2) is 9.38.